The molecule has 2 heterocycles. The summed E-state index contributed by atoms with van der Waals surface area (Å²) in [6.07, 6.45) is 1.25. The second-order valence-corrected chi connectivity index (χ2v) is 5.48. The van der Waals surface area contributed by atoms with Gasteiger partial charge in [-0.25, -0.2) is 4.98 Å². The monoisotopic (exact) mass is 264 g/mol. The number of aryl methyl sites for hydroxylation is 1. The molecule has 0 aromatic carbocycles. The molecule has 98 valence electrons. The molecule has 1 aromatic rings. The predicted molar refractivity (Wildman–Crippen MR) is 79.0 cm³/mol. The predicted octanol–water partition coefficient (Wildman–Crippen LogP) is 1.39. The second-order valence-electron chi connectivity index (χ2n) is 5.04. The average Bonchev–Trinajstić information content (AvgIpc) is 2.72. The van der Waals surface area contributed by atoms with E-state index in [1.807, 2.05) is 19.1 Å². The lowest BCUT2D eigenvalue weighted by molar-refractivity contribution is 0.399. The first kappa shape index (κ1) is 13.2. The Bertz CT molecular complexity index is 447. The average molecular weight is 264 g/mol. The lowest BCUT2D eigenvalue weighted by Crippen LogP contribution is -2.20. The van der Waals surface area contributed by atoms with Crippen LogP contribution in [0.5, 0.6) is 0 Å². The third-order valence-electron chi connectivity index (χ3n) is 3.30. The summed E-state index contributed by atoms with van der Waals surface area (Å²) < 4.78 is 0. The minimum absolute atomic E-state index is 0.421. The van der Waals surface area contributed by atoms with Gasteiger partial charge in [-0.3, -0.25) is 0 Å². The third-order valence-corrected chi connectivity index (χ3v) is 3.53. The van der Waals surface area contributed by atoms with Crippen LogP contribution in [0.3, 0.4) is 0 Å². The Morgan fingerprint density at radius 3 is 3.00 bits per heavy atom. The molecule has 4 nitrogen and oxygen atoms in total. The van der Waals surface area contributed by atoms with Crippen molar-refractivity contribution >= 4 is 23.0 Å². The maximum atomic E-state index is 5.66. The summed E-state index contributed by atoms with van der Waals surface area (Å²) in [6.45, 7) is 5.25. The number of thiocarbonyl (C=S) groups is 1. The molecule has 2 rings (SSSR count). The van der Waals surface area contributed by atoms with Crippen molar-refractivity contribution in [1.82, 2.24) is 9.88 Å². The highest BCUT2D eigenvalue weighted by Gasteiger charge is 2.19. The summed E-state index contributed by atoms with van der Waals surface area (Å²) in [5, 5.41) is 3.39. The van der Waals surface area contributed by atoms with Crippen LogP contribution >= 0.6 is 12.2 Å². The number of nitrogens with zero attached hydrogens (tertiary/aromatic N) is 2. The molecule has 3 N–H and O–H groups in total. The van der Waals surface area contributed by atoms with Gasteiger partial charge in [0.2, 0.25) is 0 Å². The molecule has 5 heteroatoms. The fourth-order valence-corrected chi connectivity index (χ4v) is 2.46. The summed E-state index contributed by atoms with van der Waals surface area (Å²) in [4.78, 5) is 7.23. The van der Waals surface area contributed by atoms with Crippen molar-refractivity contribution in [3.63, 3.8) is 0 Å². The number of likely N-dealkylation sites (tertiary alicyclic amines) is 1. The highest BCUT2D eigenvalue weighted by molar-refractivity contribution is 7.80. The molecule has 0 radical (unpaired) electrons. The highest BCUT2D eigenvalue weighted by Crippen LogP contribution is 2.16. The normalized spacial score (nSPS) is 20.0. The smallest absolute Gasteiger partial charge is 0.126 e. The van der Waals surface area contributed by atoms with Crippen molar-refractivity contribution < 1.29 is 0 Å². The third kappa shape index (κ3) is 3.40. The van der Waals surface area contributed by atoms with Crippen LogP contribution in [-0.2, 0) is 0 Å². The number of hydrogen-bond acceptors (Lipinski definition) is 4. The van der Waals surface area contributed by atoms with Gasteiger partial charge in [0.05, 0.1) is 0 Å². The Labute approximate surface area is 114 Å². The van der Waals surface area contributed by atoms with Gasteiger partial charge in [0, 0.05) is 24.3 Å². The Kier molecular flexibility index (Phi) is 4.14. The van der Waals surface area contributed by atoms with Crippen LogP contribution in [0.25, 0.3) is 0 Å². The van der Waals surface area contributed by atoms with Gasteiger partial charge in [-0.05, 0) is 45.0 Å². The fraction of sp³-hybridized carbons (Fsp3) is 0.538. The molecule has 0 saturated carbocycles. The first-order chi connectivity index (χ1) is 8.54. The zero-order valence-electron chi connectivity index (χ0n) is 10.9. The van der Waals surface area contributed by atoms with Crippen molar-refractivity contribution in [1.29, 1.82) is 0 Å². The van der Waals surface area contributed by atoms with E-state index >= 15 is 0 Å². The summed E-state index contributed by atoms with van der Waals surface area (Å²) in [7, 11) is 2.16. The molecule has 1 aromatic heterocycles. The lowest BCUT2D eigenvalue weighted by Gasteiger charge is -2.13. The van der Waals surface area contributed by atoms with E-state index in [9.17, 15) is 0 Å². The van der Waals surface area contributed by atoms with Gasteiger partial charge < -0.3 is 16.0 Å². The Hall–Kier alpha value is -1.20. The molecule has 0 aliphatic carbocycles. The van der Waals surface area contributed by atoms with Gasteiger partial charge in [-0.1, -0.05) is 12.2 Å². The van der Waals surface area contributed by atoms with Crippen LogP contribution in [-0.4, -0.2) is 41.6 Å². The van der Waals surface area contributed by atoms with Crippen LogP contribution in [0.15, 0.2) is 12.1 Å². The molecule has 1 unspecified atom stereocenters. The van der Waals surface area contributed by atoms with E-state index in [1.54, 1.807) is 0 Å². The van der Waals surface area contributed by atoms with Crippen LogP contribution < -0.4 is 11.1 Å². The molecule has 18 heavy (non-hydrogen) atoms. The van der Waals surface area contributed by atoms with Crippen LogP contribution in [0.1, 0.15) is 17.7 Å². The molecular weight excluding hydrogens is 244 g/mol. The zero-order valence-corrected chi connectivity index (χ0v) is 11.8. The minimum atomic E-state index is 0.421. The first-order valence-corrected chi connectivity index (χ1v) is 6.66. The molecule has 0 spiro atoms. The highest BCUT2D eigenvalue weighted by atomic mass is 32.1. The maximum absolute atomic E-state index is 5.66. The first-order valence-electron chi connectivity index (χ1n) is 6.25. The summed E-state index contributed by atoms with van der Waals surface area (Å²) in [5.41, 5.74) is 7.47. The van der Waals surface area contributed by atoms with Gasteiger partial charge in [0.1, 0.15) is 10.8 Å². The number of pyridine rings is 1. The van der Waals surface area contributed by atoms with Gasteiger partial charge in [0.15, 0.2) is 0 Å². The summed E-state index contributed by atoms with van der Waals surface area (Å²) >= 11 is 5.00. The van der Waals surface area contributed by atoms with E-state index in [0.717, 1.165) is 30.2 Å². The van der Waals surface area contributed by atoms with Crippen molar-refractivity contribution in [3.05, 3.63) is 23.4 Å². The van der Waals surface area contributed by atoms with Crippen LogP contribution in [0.2, 0.25) is 0 Å². The van der Waals surface area contributed by atoms with E-state index in [0.29, 0.717) is 10.9 Å². The zero-order chi connectivity index (χ0) is 13.1. The van der Waals surface area contributed by atoms with Gasteiger partial charge >= 0.3 is 0 Å². The lowest BCUT2D eigenvalue weighted by atomic mass is 10.1. The number of hydrogen-bond donors (Lipinski definition) is 2. The molecular formula is C13H20N4S. The van der Waals surface area contributed by atoms with E-state index in [-0.39, 0.29) is 0 Å². The second kappa shape index (κ2) is 5.63. The van der Waals surface area contributed by atoms with Crippen molar-refractivity contribution in [2.75, 3.05) is 32.0 Å². The summed E-state index contributed by atoms with van der Waals surface area (Å²) in [6, 6.07) is 3.84. The van der Waals surface area contributed by atoms with Crippen molar-refractivity contribution in [2.24, 2.45) is 11.7 Å². The Morgan fingerprint density at radius 2 is 2.39 bits per heavy atom. The van der Waals surface area contributed by atoms with Gasteiger partial charge in [-0.15, -0.1) is 0 Å². The molecule has 1 atom stereocenters. The number of rotatable bonds is 4. The minimum Gasteiger partial charge on any atom is -0.389 e. The maximum Gasteiger partial charge on any atom is 0.126 e. The number of nitrogens with one attached hydrogen (secondary N) is 1. The van der Waals surface area contributed by atoms with Gasteiger partial charge in [0.25, 0.3) is 0 Å². The quantitative estimate of drug-likeness (QED) is 0.805. The van der Waals surface area contributed by atoms with E-state index in [4.69, 9.17) is 18.0 Å². The fourth-order valence-electron chi connectivity index (χ4n) is 2.34. The molecule has 1 saturated heterocycles. The molecule has 0 amide bonds. The molecule has 1 aliphatic rings. The number of aromatic nitrogens is 1. The van der Waals surface area contributed by atoms with E-state index in [2.05, 4.69) is 22.2 Å². The van der Waals surface area contributed by atoms with Gasteiger partial charge in [-0.2, -0.15) is 0 Å². The van der Waals surface area contributed by atoms with Crippen LogP contribution in [0.4, 0.5) is 5.82 Å². The van der Waals surface area contributed by atoms with Crippen molar-refractivity contribution in [3.8, 4) is 0 Å². The van der Waals surface area contributed by atoms with Crippen LogP contribution in [0, 0.1) is 12.8 Å². The largest absolute Gasteiger partial charge is 0.389 e. The molecule has 1 aliphatic heterocycles. The Morgan fingerprint density at radius 1 is 1.61 bits per heavy atom. The summed E-state index contributed by atoms with van der Waals surface area (Å²) in [5.74, 6) is 1.57. The topological polar surface area (TPSA) is 54.2 Å². The van der Waals surface area contributed by atoms with E-state index < -0.39 is 0 Å². The van der Waals surface area contributed by atoms with E-state index in [1.165, 1.54) is 13.0 Å². The molecule has 1 fully saturated rings. The number of anilines is 1. The molecule has 0 bridgehead atoms. The Balaban J connectivity index is 1.98. The van der Waals surface area contributed by atoms with Crippen molar-refractivity contribution in [2.45, 2.75) is 13.3 Å². The standard InChI is InChI=1S/C13H20N4S/c1-9-5-11(13(14)18)6-12(16-9)15-7-10-3-4-17(2)8-10/h5-6,10H,3-4,7-8H2,1-2H3,(H2,14,18)(H,15,16). The number of nitrogens with two attached hydrogens (primary N) is 1. The SMILES string of the molecule is Cc1cc(C(N)=S)cc(NCC2CCN(C)C2)n1.